The molecule has 5 nitrogen and oxygen atoms in total. The number of hydrogen-bond acceptors (Lipinski definition) is 5. The van der Waals surface area contributed by atoms with Crippen LogP contribution in [0.2, 0.25) is 0 Å². The molecule has 1 unspecified atom stereocenters. The van der Waals surface area contributed by atoms with E-state index in [9.17, 15) is 0 Å². The molecular formula is C14H25N5. The van der Waals surface area contributed by atoms with Crippen molar-refractivity contribution in [2.45, 2.75) is 33.2 Å². The Balaban J connectivity index is 2.29. The molecule has 2 rings (SSSR count). The van der Waals surface area contributed by atoms with Crippen LogP contribution < -0.4 is 10.2 Å². The van der Waals surface area contributed by atoms with Crippen LogP contribution in [0.4, 0.5) is 11.6 Å². The van der Waals surface area contributed by atoms with Gasteiger partial charge >= 0.3 is 0 Å². The van der Waals surface area contributed by atoms with Gasteiger partial charge in [0.05, 0.1) is 0 Å². The van der Waals surface area contributed by atoms with E-state index in [2.05, 4.69) is 46.0 Å². The van der Waals surface area contributed by atoms with E-state index >= 15 is 0 Å². The summed E-state index contributed by atoms with van der Waals surface area (Å²) in [7, 11) is 4.13. The van der Waals surface area contributed by atoms with Crippen LogP contribution in [0.15, 0.2) is 0 Å². The lowest BCUT2D eigenvalue weighted by Crippen LogP contribution is -2.51. The molecule has 2 heterocycles. The summed E-state index contributed by atoms with van der Waals surface area (Å²) in [6.45, 7) is 9.48. The van der Waals surface area contributed by atoms with Gasteiger partial charge in [-0.3, -0.25) is 4.90 Å². The van der Waals surface area contributed by atoms with E-state index in [0.29, 0.717) is 6.04 Å². The Morgan fingerprint density at radius 1 is 1.26 bits per heavy atom. The molecule has 1 saturated heterocycles. The summed E-state index contributed by atoms with van der Waals surface area (Å²) < 4.78 is 0. The van der Waals surface area contributed by atoms with Gasteiger partial charge in [0, 0.05) is 38.3 Å². The van der Waals surface area contributed by atoms with Gasteiger partial charge in [0.15, 0.2) is 0 Å². The minimum Gasteiger partial charge on any atom is -0.373 e. The van der Waals surface area contributed by atoms with Gasteiger partial charge in [-0.05, 0) is 27.3 Å². The van der Waals surface area contributed by atoms with Gasteiger partial charge in [0.2, 0.25) is 0 Å². The molecule has 1 N–H and O–H groups in total. The van der Waals surface area contributed by atoms with Crippen LogP contribution >= 0.6 is 0 Å². The number of aryl methyl sites for hydroxylation is 1. The summed E-state index contributed by atoms with van der Waals surface area (Å²) in [4.78, 5) is 13.9. The van der Waals surface area contributed by atoms with Crippen molar-refractivity contribution in [1.82, 2.24) is 14.9 Å². The minimum atomic E-state index is 0.612. The zero-order valence-corrected chi connectivity index (χ0v) is 12.7. The number of hydrogen-bond donors (Lipinski definition) is 1. The van der Waals surface area contributed by atoms with Crippen LogP contribution in [0.25, 0.3) is 0 Å². The molecule has 19 heavy (non-hydrogen) atoms. The topological polar surface area (TPSA) is 44.3 Å². The number of nitrogens with one attached hydrogen (secondary N) is 1. The maximum absolute atomic E-state index is 4.66. The Kier molecular flexibility index (Phi) is 4.24. The second-order valence-electron chi connectivity index (χ2n) is 5.31. The van der Waals surface area contributed by atoms with Crippen molar-refractivity contribution in [2.24, 2.45) is 0 Å². The van der Waals surface area contributed by atoms with Crippen molar-refractivity contribution in [3.63, 3.8) is 0 Å². The first kappa shape index (κ1) is 14.1. The maximum atomic E-state index is 4.66. The lowest BCUT2D eigenvalue weighted by molar-refractivity contribution is 0.212. The molecule has 5 heteroatoms. The molecule has 1 atom stereocenters. The highest BCUT2D eigenvalue weighted by Crippen LogP contribution is 2.25. The first-order chi connectivity index (χ1) is 9.06. The summed E-state index contributed by atoms with van der Waals surface area (Å²) >= 11 is 0. The first-order valence-corrected chi connectivity index (χ1v) is 7.05. The maximum Gasteiger partial charge on any atom is 0.137 e. The quantitative estimate of drug-likeness (QED) is 0.898. The van der Waals surface area contributed by atoms with Gasteiger partial charge in [-0.1, -0.05) is 6.92 Å². The number of nitrogens with zero attached hydrogens (tertiary/aromatic N) is 4. The standard InChI is InChI=1S/C14H25N5/c1-6-12-9-19(8-7-18(12)5)14-10(2)13(15-4)16-11(3)17-14/h12H,6-9H2,1-5H3,(H,15,16,17). The molecule has 0 spiro atoms. The van der Waals surface area contributed by atoms with Crippen molar-refractivity contribution in [3.05, 3.63) is 11.4 Å². The van der Waals surface area contributed by atoms with Crippen LogP contribution in [0.1, 0.15) is 24.7 Å². The number of aromatic nitrogens is 2. The lowest BCUT2D eigenvalue weighted by Gasteiger charge is -2.40. The smallest absolute Gasteiger partial charge is 0.137 e. The van der Waals surface area contributed by atoms with E-state index < -0.39 is 0 Å². The number of anilines is 2. The van der Waals surface area contributed by atoms with E-state index in [1.54, 1.807) is 0 Å². The number of likely N-dealkylation sites (N-methyl/N-ethyl adjacent to an activating group) is 1. The fourth-order valence-corrected chi connectivity index (χ4v) is 2.74. The van der Waals surface area contributed by atoms with Crippen LogP contribution in [0.3, 0.4) is 0 Å². The molecular weight excluding hydrogens is 238 g/mol. The van der Waals surface area contributed by atoms with Gasteiger partial charge in [-0.25, -0.2) is 9.97 Å². The van der Waals surface area contributed by atoms with Crippen LogP contribution in [-0.4, -0.2) is 54.6 Å². The Morgan fingerprint density at radius 3 is 2.63 bits per heavy atom. The summed E-state index contributed by atoms with van der Waals surface area (Å²) in [5, 5.41) is 3.16. The molecule has 1 aliphatic heterocycles. The third kappa shape index (κ3) is 2.81. The van der Waals surface area contributed by atoms with Crippen molar-refractivity contribution in [3.8, 4) is 0 Å². The van der Waals surface area contributed by atoms with Crippen LogP contribution in [-0.2, 0) is 0 Å². The molecule has 0 saturated carbocycles. The Hall–Kier alpha value is -1.36. The van der Waals surface area contributed by atoms with Gasteiger partial charge in [0.25, 0.3) is 0 Å². The fraction of sp³-hybridized carbons (Fsp3) is 0.714. The molecule has 0 aliphatic carbocycles. The Morgan fingerprint density at radius 2 is 2.00 bits per heavy atom. The molecule has 0 radical (unpaired) electrons. The predicted octanol–water partition coefficient (Wildman–Crippen LogP) is 1.67. The lowest BCUT2D eigenvalue weighted by atomic mass is 10.1. The molecule has 1 aliphatic rings. The minimum absolute atomic E-state index is 0.612. The van der Waals surface area contributed by atoms with Gasteiger partial charge in [-0.15, -0.1) is 0 Å². The summed E-state index contributed by atoms with van der Waals surface area (Å²) in [5.74, 6) is 2.86. The second kappa shape index (κ2) is 5.74. The first-order valence-electron chi connectivity index (χ1n) is 7.05. The largest absolute Gasteiger partial charge is 0.373 e. The van der Waals surface area contributed by atoms with E-state index in [0.717, 1.165) is 42.7 Å². The van der Waals surface area contributed by atoms with Crippen molar-refractivity contribution < 1.29 is 0 Å². The molecule has 106 valence electrons. The van der Waals surface area contributed by atoms with E-state index in [4.69, 9.17) is 0 Å². The van der Waals surface area contributed by atoms with Crippen LogP contribution in [0.5, 0.6) is 0 Å². The van der Waals surface area contributed by atoms with Crippen LogP contribution in [0, 0.1) is 13.8 Å². The van der Waals surface area contributed by atoms with E-state index in [1.807, 2.05) is 14.0 Å². The Bertz CT molecular complexity index is 446. The summed E-state index contributed by atoms with van der Waals surface area (Å²) in [5.41, 5.74) is 1.15. The molecule has 1 aromatic heterocycles. The molecule has 1 aromatic rings. The molecule has 0 amide bonds. The van der Waals surface area contributed by atoms with Crippen molar-refractivity contribution >= 4 is 11.6 Å². The fourth-order valence-electron chi connectivity index (χ4n) is 2.74. The highest BCUT2D eigenvalue weighted by molar-refractivity contribution is 5.58. The highest BCUT2D eigenvalue weighted by Gasteiger charge is 2.25. The number of rotatable bonds is 3. The molecule has 1 fully saturated rings. The molecule has 0 bridgehead atoms. The summed E-state index contributed by atoms with van der Waals surface area (Å²) in [6.07, 6.45) is 1.18. The van der Waals surface area contributed by atoms with Crippen molar-refractivity contribution in [2.75, 3.05) is 43.9 Å². The highest BCUT2D eigenvalue weighted by atomic mass is 15.3. The SMILES string of the molecule is CCC1CN(c2nc(C)nc(NC)c2C)CCN1C. The van der Waals surface area contributed by atoms with E-state index in [1.165, 1.54) is 6.42 Å². The van der Waals surface area contributed by atoms with Crippen molar-refractivity contribution in [1.29, 1.82) is 0 Å². The average molecular weight is 263 g/mol. The van der Waals surface area contributed by atoms with Gasteiger partial charge in [-0.2, -0.15) is 0 Å². The Labute approximate surface area is 116 Å². The molecule has 0 aromatic carbocycles. The third-order valence-electron chi connectivity index (χ3n) is 4.02. The zero-order chi connectivity index (χ0) is 14.0. The van der Waals surface area contributed by atoms with Gasteiger partial charge < -0.3 is 10.2 Å². The predicted molar refractivity (Wildman–Crippen MR) is 80.0 cm³/mol. The monoisotopic (exact) mass is 263 g/mol. The zero-order valence-electron chi connectivity index (χ0n) is 12.7. The summed E-state index contributed by atoms with van der Waals surface area (Å²) in [6, 6.07) is 0.612. The van der Waals surface area contributed by atoms with Gasteiger partial charge in [0.1, 0.15) is 17.5 Å². The van der Waals surface area contributed by atoms with E-state index in [-0.39, 0.29) is 0 Å². The average Bonchev–Trinajstić information content (AvgIpc) is 2.41. The third-order valence-corrected chi connectivity index (χ3v) is 4.02. The second-order valence-corrected chi connectivity index (χ2v) is 5.31. The normalized spacial score (nSPS) is 20.7. The number of piperazine rings is 1.